The van der Waals surface area contributed by atoms with Crippen molar-refractivity contribution in [1.29, 1.82) is 0 Å². The predicted molar refractivity (Wildman–Crippen MR) is 503 cm³/mol. The summed E-state index contributed by atoms with van der Waals surface area (Å²) in [7, 11) is 3.46. The zero-order chi connectivity index (χ0) is 68.3. The SMILES string of the molecule is C.C.C.C.C.C.C.C.C.C.C.C.C.C.C.C.CCC(C)OC.CCC(C)OC.CCC(C)OC1(C)C2CC3CC(C2)CC1C3.CCC(C)OC1CC2CC1C1C3CCC(C3)C21.CCC(C)OC1CC2CC1C1CCCC21.CCC(C)OC1CCCCC1.CCC(C)OCC12CC3CC(CC(C3)C1)C2.CCOC(C)CC. The summed E-state index contributed by atoms with van der Waals surface area (Å²) in [6.45, 7) is 41.1. The van der Waals surface area contributed by atoms with Gasteiger partial charge >= 0.3 is 0 Å². The first-order valence-electron chi connectivity index (χ1n) is 42.1. The molecule has 0 N–H and O–H groups in total. The second kappa shape index (κ2) is 64.6. The molecule has 0 aromatic heterocycles. The van der Waals surface area contributed by atoms with E-state index in [4.69, 9.17) is 37.9 Å². The molecule has 16 fully saturated rings. The van der Waals surface area contributed by atoms with E-state index in [1.807, 2.05) is 6.92 Å². The second-order valence-corrected chi connectivity index (χ2v) is 35.3. The van der Waals surface area contributed by atoms with Crippen LogP contribution in [0.4, 0.5) is 0 Å². The fourth-order valence-electron chi connectivity index (χ4n) is 22.7. The average Bonchev–Trinajstić information content (AvgIpc) is 1.49. The predicted octanol–water partition coefficient (Wildman–Crippen LogP) is 33.5. The Kier molecular flexibility index (Phi) is 76.6. The molecule has 16 rings (SSSR count). The summed E-state index contributed by atoms with van der Waals surface area (Å²) in [6, 6.07) is 0. The molecule has 20 unspecified atom stereocenters. The lowest BCUT2D eigenvalue weighted by Crippen LogP contribution is -2.58. The first kappa shape index (κ1) is 130. The van der Waals surface area contributed by atoms with Crippen LogP contribution in [0.15, 0.2) is 0 Å². The Morgan fingerprint density at radius 1 is 0.300 bits per heavy atom. The van der Waals surface area contributed by atoms with Crippen LogP contribution in [0.25, 0.3) is 0 Å². The van der Waals surface area contributed by atoms with Gasteiger partial charge in [-0.2, -0.15) is 0 Å². The average molecular weight is 1580 g/mol. The van der Waals surface area contributed by atoms with Crippen molar-refractivity contribution >= 4 is 0 Å². The highest BCUT2D eigenvalue weighted by Gasteiger charge is 2.63. The minimum absolute atomic E-state index is 0. The van der Waals surface area contributed by atoms with E-state index in [1.165, 1.54) is 141 Å². The van der Waals surface area contributed by atoms with Gasteiger partial charge in [-0.25, -0.2) is 0 Å². The Labute approximate surface area is 702 Å². The van der Waals surface area contributed by atoms with Crippen molar-refractivity contribution in [2.24, 2.45) is 106 Å². The van der Waals surface area contributed by atoms with Gasteiger partial charge in [-0.3, -0.25) is 0 Å². The Balaban J connectivity index is -0.000000130. The van der Waals surface area contributed by atoms with E-state index in [0.717, 1.165) is 152 Å². The van der Waals surface area contributed by atoms with Gasteiger partial charge in [-0.15, -0.1) is 0 Å². The zero-order valence-electron chi connectivity index (χ0n) is 65.9. The fraction of sp³-hybridized carbons (Fsp3) is 1.00. The van der Waals surface area contributed by atoms with Gasteiger partial charge in [-0.1, -0.05) is 200 Å². The van der Waals surface area contributed by atoms with Gasteiger partial charge in [0.2, 0.25) is 0 Å². The van der Waals surface area contributed by atoms with Crippen molar-refractivity contribution in [1.82, 2.24) is 0 Å². The Morgan fingerprint density at radius 2 is 0.673 bits per heavy atom. The molecule has 8 heteroatoms. The van der Waals surface area contributed by atoms with E-state index in [0.29, 0.717) is 72.6 Å². The normalized spacial score (nSPS) is 34.7. The number of hydrogen-bond acceptors (Lipinski definition) is 8. The van der Waals surface area contributed by atoms with Crippen LogP contribution in [0.5, 0.6) is 0 Å². The molecule has 0 aromatic rings. The quantitative estimate of drug-likeness (QED) is 0.0937. The number of fused-ring (bicyclic) bond motifs is 14. The lowest BCUT2D eigenvalue weighted by Gasteiger charge is -2.60. The van der Waals surface area contributed by atoms with Gasteiger partial charge in [-0.05, 0) is 368 Å². The standard InChI is InChI=1S/C16H26O.2C15H26O.C14H24O.C10H20O.C6H14O.2C5H12O.16CH4/c1-3-9(2)17-14-8-12-7-13(14)16-11-5-4-10(6-11)15(12)16;1-4-10(2)16-15(3)13-6-11-5-12(8-13)9-14(15)7-11;1-3-11(2)16-10-15-7-12-4-13(8-15)6-14(5-12)9-15;1-3-9(2)15-14-8-10-7-13(14)12-6-4-5-11(10)12;1-3-9(2)11-10-7-5-4-6-8-10;1-4-6(3)7-5-2;2*1-4-5(2)6-3;;;;;;;;;;;;;;;;/h9-16H,3-8H2,1-2H3;10-14H,4-9H2,1-3H3;11-14H,3-10H2,1-2H3;9-14H,3-8H2,1-2H3;9-10H,3-8H2,1-2H3;6H,4-5H2,1-3H3;2*5H,4H2,1-3H3;16*1H4. The molecule has 0 aromatic carbocycles. The third-order valence-corrected chi connectivity index (χ3v) is 28.7. The molecule has 0 aliphatic heterocycles. The van der Waals surface area contributed by atoms with Crippen LogP contribution < -0.4 is 0 Å². The van der Waals surface area contributed by atoms with Crippen LogP contribution in [0.3, 0.4) is 0 Å². The van der Waals surface area contributed by atoms with E-state index in [-0.39, 0.29) is 124 Å². The lowest BCUT2D eigenvalue weighted by molar-refractivity contribution is -0.213. The minimum Gasteiger partial charge on any atom is -0.382 e. The maximum atomic E-state index is 6.46. The minimum atomic E-state index is 0. The molecule has 16 aliphatic rings. The molecule has 0 spiro atoms. The van der Waals surface area contributed by atoms with Crippen molar-refractivity contribution in [3.63, 3.8) is 0 Å². The summed E-state index contributed by atoms with van der Waals surface area (Å²) in [5, 5.41) is 0. The Bertz CT molecular complexity index is 1940. The van der Waals surface area contributed by atoms with Crippen molar-refractivity contribution in [2.45, 2.75) is 535 Å². The van der Waals surface area contributed by atoms with Crippen LogP contribution in [0, 0.1) is 106 Å². The molecule has 16 saturated carbocycles. The molecule has 14 bridgehead atoms. The van der Waals surface area contributed by atoms with Crippen molar-refractivity contribution in [3.8, 4) is 0 Å². The fourth-order valence-corrected chi connectivity index (χ4v) is 22.7. The van der Waals surface area contributed by atoms with Crippen LogP contribution in [0.2, 0.25) is 0 Å². The van der Waals surface area contributed by atoms with E-state index in [9.17, 15) is 0 Å². The van der Waals surface area contributed by atoms with Crippen LogP contribution in [-0.4, -0.2) is 100 Å². The molecular formula is C102H224O8. The summed E-state index contributed by atoms with van der Waals surface area (Å²) in [4.78, 5) is 0. The highest BCUT2D eigenvalue weighted by atomic mass is 16.5. The largest absolute Gasteiger partial charge is 0.382 e. The first-order chi connectivity index (χ1) is 45.1. The first-order valence-corrected chi connectivity index (χ1v) is 42.1. The third kappa shape index (κ3) is 36.3. The molecule has 0 saturated heterocycles. The summed E-state index contributed by atoms with van der Waals surface area (Å²) >= 11 is 0. The van der Waals surface area contributed by atoms with E-state index in [2.05, 4.69) is 118 Å². The monoisotopic (exact) mass is 1580 g/mol. The Morgan fingerprint density at radius 3 is 1.07 bits per heavy atom. The molecule has 110 heavy (non-hydrogen) atoms. The number of ether oxygens (including phenoxy) is 8. The smallest absolute Gasteiger partial charge is 0.0714 e. The highest BCUT2D eigenvalue weighted by molar-refractivity contribution is 5.12. The van der Waals surface area contributed by atoms with Gasteiger partial charge in [0, 0.05) is 20.8 Å². The summed E-state index contributed by atoms with van der Waals surface area (Å²) < 4.78 is 45.9. The summed E-state index contributed by atoms with van der Waals surface area (Å²) in [6.07, 6.45) is 52.9. The van der Waals surface area contributed by atoms with Crippen LogP contribution in [-0.2, 0) is 37.9 Å². The summed E-state index contributed by atoms with van der Waals surface area (Å²) in [5.74, 6) is 17.6. The lowest BCUT2D eigenvalue weighted by atomic mass is 9.50. The maximum Gasteiger partial charge on any atom is 0.0714 e. The molecule has 0 amide bonds. The maximum absolute atomic E-state index is 6.46. The third-order valence-electron chi connectivity index (χ3n) is 28.7. The van der Waals surface area contributed by atoms with Gasteiger partial charge in [0.1, 0.15) is 0 Å². The van der Waals surface area contributed by atoms with Gasteiger partial charge in [0.15, 0.2) is 0 Å². The zero-order valence-corrected chi connectivity index (χ0v) is 65.9. The van der Waals surface area contributed by atoms with E-state index >= 15 is 0 Å². The number of hydrogen-bond donors (Lipinski definition) is 0. The highest BCUT2D eigenvalue weighted by Crippen LogP contribution is 2.68. The number of rotatable bonds is 23. The van der Waals surface area contributed by atoms with Gasteiger partial charge < -0.3 is 37.9 Å². The van der Waals surface area contributed by atoms with Gasteiger partial charge in [0.25, 0.3) is 0 Å². The molecule has 0 radical (unpaired) electrons. The molecule has 0 heterocycles. The van der Waals surface area contributed by atoms with Crippen molar-refractivity contribution in [2.75, 3.05) is 27.4 Å². The van der Waals surface area contributed by atoms with Crippen LogP contribution in [0.1, 0.15) is 462 Å². The van der Waals surface area contributed by atoms with Crippen molar-refractivity contribution < 1.29 is 37.9 Å². The second-order valence-electron chi connectivity index (χ2n) is 35.3. The molecule has 680 valence electrons. The van der Waals surface area contributed by atoms with E-state index in [1.54, 1.807) is 52.7 Å². The van der Waals surface area contributed by atoms with Gasteiger partial charge in [0.05, 0.1) is 79.4 Å². The summed E-state index contributed by atoms with van der Waals surface area (Å²) in [5.41, 5.74) is 0.834. The molecular weight excluding hydrogens is 1350 g/mol. The topological polar surface area (TPSA) is 73.8 Å². The van der Waals surface area contributed by atoms with E-state index < -0.39 is 0 Å². The van der Waals surface area contributed by atoms with Crippen molar-refractivity contribution in [3.05, 3.63) is 0 Å². The number of methoxy groups -OCH3 is 2. The Hall–Kier alpha value is -0.320. The molecule has 20 atom stereocenters. The molecule has 16 aliphatic carbocycles. The van der Waals surface area contributed by atoms with Crippen LogP contribution >= 0.6 is 0 Å². The molecule has 8 nitrogen and oxygen atoms in total.